The minimum Gasteiger partial charge on any atom is -0.402 e. The summed E-state index contributed by atoms with van der Waals surface area (Å²) in [4.78, 5) is 16.0. The molecule has 0 N–H and O–H groups in total. The molecule has 94 valence electrons. The second kappa shape index (κ2) is 4.57. The van der Waals surface area contributed by atoms with E-state index in [0.29, 0.717) is 11.6 Å². The van der Waals surface area contributed by atoms with Gasteiger partial charge in [-0.25, -0.2) is 9.79 Å². The summed E-state index contributed by atoms with van der Waals surface area (Å²) in [7, 11) is 1.91. The topological polar surface area (TPSA) is 43.6 Å². The van der Waals surface area contributed by atoms with Gasteiger partial charge in [-0.2, -0.15) is 0 Å². The van der Waals surface area contributed by atoms with E-state index in [1.165, 1.54) is 0 Å². The van der Waals surface area contributed by atoms with E-state index in [9.17, 15) is 4.79 Å². The SMILES string of the molecule is Cn1cccc1C=C1N=C(c2ccccc2)OC1=O. The van der Waals surface area contributed by atoms with Gasteiger partial charge in [0.05, 0.1) is 0 Å². The molecular formula is C15H12N2O2. The summed E-state index contributed by atoms with van der Waals surface area (Å²) >= 11 is 0. The van der Waals surface area contributed by atoms with Crippen molar-refractivity contribution in [2.75, 3.05) is 0 Å². The Morgan fingerprint density at radius 1 is 1.16 bits per heavy atom. The van der Waals surface area contributed by atoms with E-state index in [4.69, 9.17) is 4.74 Å². The molecule has 4 heteroatoms. The van der Waals surface area contributed by atoms with Crippen LogP contribution in [-0.4, -0.2) is 16.4 Å². The lowest BCUT2D eigenvalue weighted by Crippen LogP contribution is -2.05. The first-order chi connectivity index (χ1) is 9.24. The van der Waals surface area contributed by atoms with Crippen LogP contribution in [0.25, 0.3) is 6.08 Å². The van der Waals surface area contributed by atoms with Crippen molar-refractivity contribution in [1.82, 2.24) is 4.57 Å². The molecule has 0 fully saturated rings. The highest BCUT2D eigenvalue weighted by atomic mass is 16.6. The molecule has 1 aliphatic heterocycles. The van der Waals surface area contributed by atoms with Crippen LogP contribution in [0.3, 0.4) is 0 Å². The number of hydrogen-bond donors (Lipinski definition) is 0. The molecule has 19 heavy (non-hydrogen) atoms. The highest BCUT2D eigenvalue weighted by Gasteiger charge is 2.24. The van der Waals surface area contributed by atoms with Crippen LogP contribution in [-0.2, 0) is 16.6 Å². The van der Waals surface area contributed by atoms with Gasteiger partial charge in [-0.3, -0.25) is 0 Å². The van der Waals surface area contributed by atoms with Crippen molar-refractivity contribution >= 4 is 17.9 Å². The molecule has 1 aliphatic rings. The van der Waals surface area contributed by atoms with E-state index < -0.39 is 5.97 Å². The van der Waals surface area contributed by atoms with Gasteiger partial charge in [0.2, 0.25) is 5.90 Å². The third-order valence-corrected chi connectivity index (χ3v) is 2.91. The zero-order chi connectivity index (χ0) is 13.2. The van der Waals surface area contributed by atoms with Crippen molar-refractivity contribution in [2.24, 2.45) is 12.0 Å². The molecule has 0 bridgehead atoms. The Bertz CT molecular complexity index is 681. The molecule has 1 aromatic carbocycles. The van der Waals surface area contributed by atoms with Crippen molar-refractivity contribution in [3.05, 3.63) is 65.6 Å². The third kappa shape index (κ3) is 2.20. The zero-order valence-corrected chi connectivity index (χ0v) is 10.4. The van der Waals surface area contributed by atoms with Crippen molar-refractivity contribution < 1.29 is 9.53 Å². The fourth-order valence-electron chi connectivity index (χ4n) is 1.88. The van der Waals surface area contributed by atoms with E-state index in [-0.39, 0.29) is 0 Å². The number of aryl methyl sites for hydroxylation is 1. The standard InChI is InChI=1S/C15H12N2O2/c1-17-9-5-8-12(17)10-13-15(18)19-14(16-13)11-6-3-2-4-7-11/h2-10H,1H3. The molecule has 0 unspecified atom stereocenters. The summed E-state index contributed by atoms with van der Waals surface area (Å²) < 4.78 is 7.10. The number of ether oxygens (including phenoxy) is 1. The first-order valence-corrected chi connectivity index (χ1v) is 5.93. The van der Waals surface area contributed by atoms with Crippen LogP contribution in [0, 0.1) is 0 Å². The smallest absolute Gasteiger partial charge is 0.363 e. The number of benzene rings is 1. The third-order valence-electron chi connectivity index (χ3n) is 2.91. The van der Waals surface area contributed by atoms with Crippen LogP contribution in [0.5, 0.6) is 0 Å². The molecule has 0 amide bonds. The Kier molecular flexibility index (Phi) is 2.76. The molecule has 1 aromatic heterocycles. The van der Waals surface area contributed by atoms with Crippen LogP contribution >= 0.6 is 0 Å². The van der Waals surface area contributed by atoms with E-state index in [1.54, 1.807) is 6.08 Å². The van der Waals surface area contributed by atoms with Gasteiger partial charge in [0.15, 0.2) is 5.70 Å². The van der Waals surface area contributed by atoms with Crippen LogP contribution in [0.15, 0.2) is 59.4 Å². The lowest BCUT2D eigenvalue weighted by molar-refractivity contribution is -0.129. The molecule has 0 saturated heterocycles. The number of cyclic esters (lactones) is 1. The average Bonchev–Trinajstić information content (AvgIpc) is 2.99. The highest BCUT2D eigenvalue weighted by molar-refractivity contribution is 6.12. The summed E-state index contributed by atoms with van der Waals surface area (Å²) in [5.41, 5.74) is 2.02. The first-order valence-electron chi connectivity index (χ1n) is 5.93. The molecule has 0 atom stereocenters. The van der Waals surface area contributed by atoms with Crippen LogP contribution in [0.4, 0.5) is 0 Å². The fourth-order valence-corrected chi connectivity index (χ4v) is 1.88. The second-order valence-electron chi connectivity index (χ2n) is 4.25. The molecule has 0 spiro atoms. The second-order valence-corrected chi connectivity index (χ2v) is 4.25. The maximum absolute atomic E-state index is 11.8. The Morgan fingerprint density at radius 2 is 1.95 bits per heavy atom. The van der Waals surface area contributed by atoms with Gasteiger partial charge >= 0.3 is 5.97 Å². The molecule has 2 aromatic rings. The predicted molar refractivity (Wildman–Crippen MR) is 72.5 cm³/mol. The summed E-state index contributed by atoms with van der Waals surface area (Å²) in [6.07, 6.45) is 3.63. The van der Waals surface area contributed by atoms with E-state index >= 15 is 0 Å². The molecule has 2 heterocycles. The Hall–Kier alpha value is -2.62. The maximum atomic E-state index is 11.8. The van der Waals surface area contributed by atoms with Gasteiger partial charge in [0.1, 0.15) is 0 Å². The van der Waals surface area contributed by atoms with Crippen LogP contribution in [0.1, 0.15) is 11.3 Å². The molecule has 3 rings (SSSR count). The van der Waals surface area contributed by atoms with Crippen molar-refractivity contribution in [3.8, 4) is 0 Å². The van der Waals surface area contributed by atoms with Gasteiger partial charge in [-0.05, 0) is 30.3 Å². The molecule has 0 saturated carbocycles. The van der Waals surface area contributed by atoms with Crippen molar-refractivity contribution in [3.63, 3.8) is 0 Å². The van der Waals surface area contributed by atoms with E-state index in [0.717, 1.165) is 11.3 Å². The fraction of sp³-hybridized carbons (Fsp3) is 0.0667. The lowest BCUT2D eigenvalue weighted by atomic mass is 10.2. The van der Waals surface area contributed by atoms with Crippen molar-refractivity contribution in [2.45, 2.75) is 0 Å². The number of carbonyl (C=O) groups excluding carboxylic acids is 1. The van der Waals surface area contributed by atoms with Gasteiger partial charge in [-0.1, -0.05) is 18.2 Å². The molecule has 0 aliphatic carbocycles. The van der Waals surface area contributed by atoms with Gasteiger partial charge in [0.25, 0.3) is 0 Å². The number of aromatic nitrogens is 1. The van der Waals surface area contributed by atoms with Gasteiger partial charge in [0, 0.05) is 24.5 Å². The molecule has 4 nitrogen and oxygen atoms in total. The maximum Gasteiger partial charge on any atom is 0.363 e. The highest BCUT2D eigenvalue weighted by Crippen LogP contribution is 2.18. The Balaban J connectivity index is 1.96. The number of carbonyl (C=O) groups is 1. The average molecular weight is 252 g/mol. The summed E-state index contributed by atoms with van der Waals surface area (Å²) in [6.45, 7) is 0. The van der Waals surface area contributed by atoms with E-state index in [1.807, 2.05) is 60.3 Å². The lowest BCUT2D eigenvalue weighted by Gasteiger charge is -1.97. The number of hydrogen-bond acceptors (Lipinski definition) is 3. The van der Waals surface area contributed by atoms with E-state index in [2.05, 4.69) is 4.99 Å². The molecular weight excluding hydrogens is 240 g/mol. The minimum absolute atomic E-state index is 0.320. The minimum atomic E-state index is -0.417. The number of esters is 1. The normalized spacial score (nSPS) is 16.6. The Morgan fingerprint density at radius 3 is 2.63 bits per heavy atom. The quantitative estimate of drug-likeness (QED) is 0.608. The number of nitrogens with zero attached hydrogens (tertiary/aromatic N) is 2. The summed E-state index contributed by atoms with van der Waals surface area (Å²) in [5, 5.41) is 0. The van der Waals surface area contributed by atoms with Crippen molar-refractivity contribution in [1.29, 1.82) is 0 Å². The number of rotatable bonds is 2. The van der Waals surface area contributed by atoms with Gasteiger partial charge in [-0.15, -0.1) is 0 Å². The van der Waals surface area contributed by atoms with Gasteiger partial charge < -0.3 is 9.30 Å². The monoisotopic (exact) mass is 252 g/mol. The molecule has 0 radical (unpaired) electrons. The van der Waals surface area contributed by atoms with Crippen LogP contribution in [0.2, 0.25) is 0 Å². The summed E-state index contributed by atoms with van der Waals surface area (Å²) in [5.74, 6) is -0.0638. The largest absolute Gasteiger partial charge is 0.402 e. The zero-order valence-electron chi connectivity index (χ0n) is 10.4. The van der Waals surface area contributed by atoms with Crippen LogP contribution < -0.4 is 0 Å². The Labute approximate surface area is 110 Å². The first kappa shape index (κ1) is 11.5. The predicted octanol–water partition coefficient (Wildman–Crippen LogP) is 2.37. The summed E-state index contributed by atoms with van der Waals surface area (Å²) in [6, 6.07) is 13.2. The number of aliphatic imine (C=N–C) groups is 1.